The predicted molar refractivity (Wildman–Crippen MR) is 140 cm³/mol. The van der Waals surface area contributed by atoms with E-state index in [2.05, 4.69) is 0 Å². The van der Waals surface area contributed by atoms with Gasteiger partial charge < -0.3 is 74.1 Å². The molecule has 43 heavy (non-hydrogen) atoms. The molecule has 0 amide bonds. The minimum absolute atomic E-state index is 0.0127. The Balaban J connectivity index is 1.59. The standard InChI is InChI=1S/C27H30O16/c1-38-14-4-9(2-3-11(14)30)23-24(20(35)17-12(31)5-10(29)6-15(17)40-23)42-27-25(18(33)13(32)8-39-27)43-26-22(37)21(36)19(34)16(7-28)41-26/h2-6,13,16,18-19,21-22,25-34,36-37H,7-8H2,1H3. The van der Waals surface area contributed by atoms with Crippen LogP contribution in [0.3, 0.4) is 0 Å². The number of hydrogen-bond donors (Lipinski definition) is 9. The Kier molecular flexibility index (Phi) is 8.66. The summed E-state index contributed by atoms with van der Waals surface area (Å²) < 4.78 is 33.4. The smallest absolute Gasteiger partial charge is 0.239 e. The van der Waals surface area contributed by atoms with E-state index in [1.165, 1.54) is 25.3 Å². The van der Waals surface area contributed by atoms with E-state index in [0.29, 0.717) is 0 Å². The van der Waals surface area contributed by atoms with E-state index in [1.54, 1.807) is 0 Å². The van der Waals surface area contributed by atoms with E-state index < -0.39 is 96.6 Å². The third kappa shape index (κ3) is 5.67. The fourth-order valence-electron chi connectivity index (χ4n) is 4.85. The Morgan fingerprint density at radius 1 is 0.907 bits per heavy atom. The highest BCUT2D eigenvalue weighted by atomic mass is 16.8. The molecular formula is C27H30O16. The first-order valence-electron chi connectivity index (χ1n) is 13.0. The van der Waals surface area contributed by atoms with Gasteiger partial charge in [-0.3, -0.25) is 4.79 Å². The Hall–Kier alpha value is -3.71. The van der Waals surface area contributed by atoms with Crippen LogP contribution >= 0.6 is 0 Å². The van der Waals surface area contributed by atoms with Crippen LogP contribution in [0.25, 0.3) is 22.3 Å². The summed E-state index contributed by atoms with van der Waals surface area (Å²) >= 11 is 0. The highest BCUT2D eigenvalue weighted by Crippen LogP contribution is 2.40. The molecule has 1 aromatic heterocycles. The second-order valence-corrected chi connectivity index (χ2v) is 9.99. The van der Waals surface area contributed by atoms with Crippen molar-refractivity contribution >= 4 is 11.0 Å². The molecule has 2 aromatic carbocycles. The summed E-state index contributed by atoms with van der Waals surface area (Å²) in [5.74, 6) is -2.22. The van der Waals surface area contributed by atoms with Gasteiger partial charge in [0.25, 0.3) is 0 Å². The summed E-state index contributed by atoms with van der Waals surface area (Å²) in [5, 5.41) is 91.3. The van der Waals surface area contributed by atoms with Crippen LogP contribution < -0.4 is 14.9 Å². The first-order chi connectivity index (χ1) is 20.4. The fourth-order valence-corrected chi connectivity index (χ4v) is 4.85. The Morgan fingerprint density at radius 3 is 2.35 bits per heavy atom. The van der Waals surface area contributed by atoms with Gasteiger partial charge in [0, 0.05) is 17.7 Å². The number of aromatic hydroxyl groups is 3. The number of fused-ring (bicyclic) bond motifs is 1. The molecule has 0 spiro atoms. The van der Waals surface area contributed by atoms with Gasteiger partial charge in [0.15, 0.2) is 29.7 Å². The predicted octanol–water partition coefficient (Wildman–Crippen LogP) is -1.77. The van der Waals surface area contributed by atoms with E-state index in [0.717, 1.165) is 12.1 Å². The largest absolute Gasteiger partial charge is 0.508 e. The van der Waals surface area contributed by atoms with Crippen molar-refractivity contribution in [3.63, 3.8) is 0 Å². The second-order valence-electron chi connectivity index (χ2n) is 9.99. The van der Waals surface area contributed by atoms with Crippen LogP contribution in [0.5, 0.6) is 28.7 Å². The van der Waals surface area contributed by atoms with Crippen molar-refractivity contribution in [2.24, 2.45) is 0 Å². The number of aliphatic hydroxyl groups excluding tert-OH is 6. The fraction of sp³-hybridized carbons (Fsp3) is 0.444. The molecule has 2 aliphatic heterocycles. The monoisotopic (exact) mass is 610 g/mol. The van der Waals surface area contributed by atoms with Gasteiger partial charge in [0.2, 0.25) is 17.5 Å². The topological polar surface area (TPSA) is 258 Å². The highest BCUT2D eigenvalue weighted by molar-refractivity contribution is 5.88. The molecule has 2 aliphatic rings. The summed E-state index contributed by atoms with van der Waals surface area (Å²) in [5.41, 5.74) is -1.09. The van der Waals surface area contributed by atoms with E-state index in [1.807, 2.05) is 0 Å². The number of hydrogen-bond acceptors (Lipinski definition) is 16. The van der Waals surface area contributed by atoms with Crippen molar-refractivity contribution in [1.29, 1.82) is 0 Å². The number of aliphatic hydroxyl groups is 6. The van der Waals surface area contributed by atoms with Crippen molar-refractivity contribution in [3.05, 3.63) is 40.6 Å². The Morgan fingerprint density at radius 2 is 1.65 bits per heavy atom. The molecule has 9 atom stereocenters. The highest BCUT2D eigenvalue weighted by Gasteiger charge is 2.49. The van der Waals surface area contributed by atoms with Crippen LogP contribution in [0, 0.1) is 0 Å². The molecule has 0 radical (unpaired) electrons. The summed E-state index contributed by atoms with van der Waals surface area (Å²) in [6, 6.07) is 5.86. The van der Waals surface area contributed by atoms with E-state index in [9.17, 15) is 50.8 Å². The third-order valence-corrected chi connectivity index (χ3v) is 7.16. The molecule has 0 saturated carbocycles. The molecule has 16 nitrogen and oxygen atoms in total. The molecule has 0 aliphatic carbocycles. The van der Waals surface area contributed by atoms with Gasteiger partial charge >= 0.3 is 0 Å². The average molecular weight is 611 g/mol. The van der Waals surface area contributed by atoms with Crippen LogP contribution in [0.1, 0.15) is 0 Å². The van der Waals surface area contributed by atoms with E-state index in [-0.39, 0.29) is 28.4 Å². The SMILES string of the molecule is COc1cc(-c2oc3cc(O)cc(O)c3c(=O)c2OC2OCC(O)C(O)C2OC2OC(CO)C(O)C(O)C2O)ccc1O. The molecule has 9 unspecified atom stereocenters. The van der Waals surface area contributed by atoms with Gasteiger partial charge in [-0.05, 0) is 18.2 Å². The van der Waals surface area contributed by atoms with Gasteiger partial charge in [0.05, 0.1) is 20.3 Å². The minimum Gasteiger partial charge on any atom is -0.508 e. The lowest BCUT2D eigenvalue weighted by Crippen LogP contribution is -2.63. The van der Waals surface area contributed by atoms with E-state index in [4.69, 9.17) is 28.1 Å². The molecule has 2 fully saturated rings. The van der Waals surface area contributed by atoms with Crippen LogP contribution in [-0.4, -0.2) is 122 Å². The van der Waals surface area contributed by atoms with Crippen LogP contribution in [0.4, 0.5) is 0 Å². The molecule has 2 saturated heterocycles. The van der Waals surface area contributed by atoms with Gasteiger partial charge in [-0.15, -0.1) is 0 Å². The lowest BCUT2D eigenvalue weighted by Gasteiger charge is -2.44. The number of benzene rings is 2. The average Bonchev–Trinajstić information content (AvgIpc) is 2.97. The van der Waals surface area contributed by atoms with Gasteiger partial charge in [0.1, 0.15) is 59.1 Å². The molecule has 5 rings (SSSR count). The van der Waals surface area contributed by atoms with Crippen molar-refractivity contribution in [2.75, 3.05) is 20.3 Å². The number of methoxy groups -OCH3 is 1. The first kappa shape index (κ1) is 30.7. The summed E-state index contributed by atoms with van der Waals surface area (Å²) in [6.07, 6.45) is -15.3. The Bertz CT molecular complexity index is 1520. The molecule has 234 valence electrons. The van der Waals surface area contributed by atoms with Gasteiger partial charge in [-0.25, -0.2) is 0 Å². The maximum Gasteiger partial charge on any atom is 0.239 e. The van der Waals surface area contributed by atoms with Gasteiger partial charge in [-0.2, -0.15) is 0 Å². The zero-order valence-electron chi connectivity index (χ0n) is 22.4. The van der Waals surface area contributed by atoms with Crippen molar-refractivity contribution in [3.8, 4) is 40.1 Å². The zero-order valence-corrected chi connectivity index (χ0v) is 22.4. The van der Waals surface area contributed by atoms with Crippen molar-refractivity contribution < 1.29 is 74.1 Å². The van der Waals surface area contributed by atoms with E-state index >= 15 is 0 Å². The van der Waals surface area contributed by atoms with Crippen LogP contribution in [0.2, 0.25) is 0 Å². The lowest BCUT2D eigenvalue weighted by atomic mass is 9.99. The molecule has 3 heterocycles. The van der Waals surface area contributed by atoms with Crippen molar-refractivity contribution in [1.82, 2.24) is 0 Å². The number of phenols is 3. The maximum absolute atomic E-state index is 13.7. The maximum atomic E-state index is 13.7. The minimum atomic E-state index is -1.89. The molecule has 9 N–H and O–H groups in total. The second kappa shape index (κ2) is 12.1. The summed E-state index contributed by atoms with van der Waals surface area (Å²) in [7, 11) is 1.28. The molecule has 16 heteroatoms. The molecular weight excluding hydrogens is 580 g/mol. The normalized spacial score (nSPS) is 31.2. The number of rotatable bonds is 7. The zero-order chi connectivity index (χ0) is 31.2. The number of phenolic OH excluding ortho intramolecular Hbond substituents is 3. The quantitative estimate of drug-likeness (QED) is 0.143. The molecule has 3 aromatic rings. The lowest BCUT2D eigenvalue weighted by molar-refractivity contribution is -0.348. The van der Waals surface area contributed by atoms with Crippen molar-refractivity contribution in [2.45, 2.75) is 55.3 Å². The first-order valence-corrected chi connectivity index (χ1v) is 13.0. The number of ether oxygens (including phenoxy) is 5. The third-order valence-electron chi connectivity index (χ3n) is 7.16. The summed E-state index contributed by atoms with van der Waals surface area (Å²) in [6.45, 7) is -1.28. The van der Waals surface area contributed by atoms with Crippen LogP contribution in [0.15, 0.2) is 39.5 Å². The van der Waals surface area contributed by atoms with Gasteiger partial charge in [-0.1, -0.05) is 0 Å². The Labute approximate surface area is 241 Å². The molecule has 0 bridgehead atoms. The summed E-state index contributed by atoms with van der Waals surface area (Å²) in [4.78, 5) is 13.7. The van der Waals surface area contributed by atoms with Crippen LogP contribution in [-0.2, 0) is 14.2 Å².